The first-order valence-electron chi connectivity index (χ1n) is 11.0. The number of ketones is 1. The number of aliphatic hydroxyl groups is 1. The molecule has 1 atom stereocenters. The fraction of sp³-hybridized carbons (Fsp3) is 0.143. The standard InChI is InChI=1S/C28H24N2O4/c1-29(2)21-14-12-19(13-15-21)25-24(26(31)23-16-20-10-6-7-11-22(20)34-23)27(32)28(33)30(25)17-18-8-4-3-5-9-18/h3-16,25,32H,17H2,1-2H3. The third-order valence-electron chi connectivity index (χ3n) is 6.12. The lowest BCUT2D eigenvalue weighted by Crippen LogP contribution is -2.30. The summed E-state index contributed by atoms with van der Waals surface area (Å²) >= 11 is 0. The Hall–Kier alpha value is -4.32. The van der Waals surface area contributed by atoms with Crippen LogP contribution in [0.4, 0.5) is 5.69 Å². The van der Waals surface area contributed by atoms with Gasteiger partial charge in [0.1, 0.15) is 5.58 Å². The Bertz CT molecular complexity index is 1370. The van der Waals surface area contributed by atoms with E-state index < -0.39 is 23.5 Å². The van der Waals surface area contributed by atoms with Gasteiger partial charge in [0.05, 0.1) is 11.6 Å². The molecule has 1 aromatic heterocycles. The summed E-state index contributed by atoms with van der Waals surface area (Å²) in [6.45, 7) is 0.251. The van der Waals surface area contributed by atoms with Crippen LogP contribution in [-0.4, -0.2) is 35.8 Å². The van der Waals surface area contributed by atoms with Gasteiger partial charge in [0, 0.05) is 31.7 Å². The number of para-hydroxylation sites is 1. The van der Waals surface area contributed by atoms with Gasteiger partial charge in [-0.05, 0) is 35.4 Å². The Morgan fingerprint density at radius 2 is 1.65 bits per heavy atom. The van der Waals surface area contributed by atoms with Crippen molar-refractivity contribution >= 4 is 28.3 Å². The second-order valence-corrected chi connectivity index (χ2v) is 8.55. The van der Waals surface area contributed by atoms with Crippen LogP contribution in [0.25, 0.3) is 11.0 Å². The molecule has 0 fully saturated rings. The van der Waals surface area contributed by atoms with Crippen LogP contribution in [0, 0.1) is 0 Å². The van der Waals surface area contributed by atoms with E-state index in [9.17, 15) is 14.7 Å². The molecule has 2 heterocycles. The number of furan rings is 1. The molecule has 1 N–H and O–H groups in total. The number of nitrogens with zero attached hydrogens (tertiary/aromatic N) is 2. The van der Waals surface area contributed by atoms with Crippen molar-refractivity contribution in [2.45, 2.75) is 12.6 Å². The summed E-state index contributed by atoms with van der Waals surface area (Å²) < 4.78 is 5.78. The van der Waals surface area contributed by atoms with Gasteiger partial charge in [0.25, 0.3) is 5.91 Å². The number of anilines is 1. The normalized spacial score (nSPS) is 15.9. The molecule has 0 aliphatic carbocycles. The maximum absolute atomic E-state index is 13.6. The van der Waals surface area contributed by atoms with Crippen molar-refractivity contribution in [1.82, 2.24) is 4.90 Å². The highest BCUT2D eigenvalue weighted by molar-refractivity contribution is 6.16. The fourth-order valence-corrected chi connectivity index (χ4v) is 4.36. The maximum Gasteiger partial charge on any atom is 0.290 e. The highest BCUT2D eigenvalue weighted by Crippen LogP contribution is 2.40. The molecule has 5 rings (SSSR count). The molecule has 1 aliphatic heterocycles. The topological polar surface area (TPSA) is 74.0 Å². The molecule has 170 valence electrons. The number of carbonyl (C=O) groups excluding carboxylic acids is 2. The maximum atomic E-state index is 13.6. The lowest BCUT2D eigenvalue weighted by molar-refractivity contribution is -0.130. The predicted octanol–water partition coefficient (Wildman–Crippen LogP) is 5.28. The van der Waals surface area contributed by atoms with E-state index in [1.54, 1.807) is 12.1 Å². The number of fused-ring (bicyclic) bond motifs is 1. The number of hydrogen-bond donors (Lipinski definition) is 1. The van der Waals surface area contributed by atoms with Crippen molar-refractivity contribution in [2.75, 3.05) is 19.0 Å². The predicted molar refractivity (Wildman–Crippen MR) is 131 cm³/mol. The largest absolute Gasteiger partial charge is 0.503 e. The summed E-state index contributed by atoms with van der Waals surface area (Å²) in [5, 5.41) is 11.7. The van der Waals surface area contributed by atoms with Crippen molar-refractivity contribution in [3.05, 3.63) is 113 Å². The van der Waals surface area contributed by atoms with Crippen LogP contribution < -0.4 is 4.90 Å². The first-order chi connectivity index (χ1) is 16.4. The second kappa shape index (κ2) is 8.56. The lowest BCUT2D eigenvalue weighted by atomic mass is 9.94. The molecule has 1 amide bonds. The minimum absolute atomic E-state index is 0.0255. The van der Waals surface area contributed by atoms with E-state index in [2.05, 4.69) is 0 Å². The molecule has 6 heteroatoms. The molecule has 0 saturated carbocycles. The Kier molecular flexibility index (Phi) is 5.42. The number of aliphatic hydroxyl groups excluding tert-OH is 1. The van der Waals surface area contributed by atoms with E-state index in [4.69, 9.17) is 4.42 Å². The average molecular weight is 453 g/mol. The Morgan fingerprint density at radius 3 is 2.32 bits per heavy atom. The van der Waals surface area contributed by atoms with Crippen molar-refractivity contribution in [2.24, 2.45) is 0 Å². The summed E-state index contributed by atoms with van der Waals surface area (Å²) in [6.07, 6.45) is 0. The number of amides is 1. The molecule has 34 heavy (non-hydrogen) atoms. The highest BCUT2D eigenvalue weighted by Gasteiger charge is 2.44. The molecule has 0 radical (unpaired) electrons. The Morgan fingerprint density at radius 1 is 0.971 bits per heavy atom. The molecule has 0 saturated heterocycles. The molecule has 3 aromatic carbocycles. The van der Waals surface area contributed by atoms with Gasteiger partial charge >= 0.3 is 0 Å². The van der Waals surface area contributed by atoms with Crippen LogP contribution in [0.1, 0.15) is 27.7 Å². The van der Waals surface area contributed by atoms with Gasteiger partial charge in [-0.1, -0.05) is 60.7 Å². The van der Waals surface area contributed by atoms with Crippen LogP contribution in [0.2, 0.25) is 0 Å². The molecule has 0 bridgehead atoms. The number of carbonyl (C=O) groups is 2. The van der Waals surface area contributed by atoms with E-state index >= 15 is 0 Å². The van der Waals surface area contributed by atoms with E-state index in [1.807, 2.05) is 91.8 Å². The average Bonchev–Trinajstić information content (AvgIpc) is 3.39. The van der Waals surface area contributed by atoms with Crippen LogP contribution in [0.3, 0.4) is 0 Å². The third kappa shape index (κ3) is 3.73. The quantitative estimate of drug-likeness (QED) is 0.403. The summed E-state index contributed by atoms with van der Waals surface area (Å²) in [5.74, 6) is -1.53. The summed E-state index contributed by atoms with van der Waals surface area (Å²) in [7, 11) is 3.89. The molecule has 0 spiro atoms. The van der Waals surface area contributed by atoms with Crippen molar-refractivity contribution in [3.8, 4) is 0 Å². The number of rotatable bonds is 6. The summed E-state index contributed by atoms with van der Waals surface area (Å²) in [4.78, 5) is 30.3. The van der Waals surface area contributed by atoms with E-state index in [1.165, 1.54) is 4.90 Å². The van der Waals surface area contributed by atoms with Gasteiger partial charge in [0.15, 0.2) is 11.5 Å². The smallest absolute Gasteiger partial charge is 0.290 e. The molecule has 6 nitrogen and oxygen atoms in total. The SMILES string of the molecule is CN(C)c1ccc(C2C(C(=O)c3cc4ccccc4o3)=C(O)C(=O)N2Cc2ccccc2)cc1. The van der Waals surface area contributed by atoms with Gasteiger partial charge < -0.3 is 19.3 Å². The van der Waals surface area contributed by atoms with E-state index in [0.717, 1.165) is 22.2 Å². The Labute approximate surface area is 197 Å². The summed E-state index contributed by atoms with van der Waals surface area (Å²) in [5.41, 5.74) is 3.22. The number of Topliss-reactive ketones (excluding diaryl/α,β-unsaturated/α-hetero) is 1. The van der Waals surface area contributed by atoms with Crippen LogP contribution in [0.15, 0.2) is 101 Å². The Balaban J connectivity index is 1.59. The molecular weight excluding hydrogens is 428 g/mol. The monoisotopic (exact) mass is 452 g/mol. The van der Waals surface area contributed by atoms with E-state index in [-0.39, 0.29) is 17.9 Å². The molecule has 1 aliphatic rings. The molecule has 4 aromatic rings. The first kappa shape index (κ1) is 21.5. The zero-order valence-corrected chi connectivity index (χ0v) is 18.9. The van der Waals surface area contributed by atoms with Crippen LogP contribution >= 0.6 is 0 Å². The zero-order valence-electron chi connectivity index (χ0n) is 18.9. The zero-order chi connectivity index (χ0) is 23.8. The van der Waals surface area contributed by atoms with Crippen molar-refractivity contribution < 1.29 is 19.1 Å². The van der Waals surface area contributed by atoms with Gasteiger partial charge in [-0.25, -0.2) is 0 Å². The van der Waals surface area contributed by atoms with Gasteiger partial charge in [-0.3, -0.25) is 9.59 Å². The second-order valence-electron chi connectivity index (χ2n) is 8.55. The minimum atomic E-state index is -0.746. The van der Waals surface area contributed by atoms with Crippen LogP contribution in [-0.2, 0) is 11.3 Å². The fourth-order valence-electron chi connectivity index (χ4n) is 4.36. The first-order valence-corrected chi connectivity index (χ1v) is 11.0. The van der Waals surface area contributed by atoms with Gasteiger partial charge in [-0.15, -0.1) is 0 Å². The molecular formula is C28H24N2O4. The van der Waals surface area contributed by atoms with Gasteiger partial charge in [0.2, 0.25) is 5.78 Å². The van der Waals surface area contributed by atoms with Crippen molar-refractivity contribution in [1.29, 1.82) is 0 Å². The third-order valence-corrected chi connectivity index (χ3v) is 6.12. The molecule has 1 unspecified atom stereocenters. The van der Waals surface area contributed by atoms with E-state index in [0.29, 0.717) is 5.58 Å². The number of benzene rings is 3. The highest BCUT2D eigenvalue weighted by atomic mass is 16.3. The van der Waals surface area contributed by atoms with Gasteiger partial charge in [-0.2, -0.15) is 0 Å². The van der Waals surface area contributed by atoms with Crippen molar-refractivity contribution in [3.63, 3.8) is 0 Å². The number of hydrogen-bond acceptors (Lipinski definition) is 5. The lowest BCUT2D eigenvalue weighted by Gasteiger charge is -2.27. The van der Waals surface area contributed by atoms with Crippen LogP contribution in [0.5, 0.6) is 0 Å². The minimum Gasteiger partial charge on any atom is -0.503 e. The summed E-state index contributed by atoms with van der Waals surface area (Å²) in [6, 6.07) is 25.4.